The summed E-state index contributed by atoms with van der Waals surface area (Å²) in [4.78, 5) is 24.7. The molecule has 4 nitrogen and oxygen atoms in total. The molecule has 0 bridgehead atoms. The lowest BCUT2D eigenvalue weighted by Crippen LogP contribution is -2.41. The monoisotopic (exact) mass is 280 g/mol. The molecule has 4 heteroatoms. The van der Waals surface area contributed by atoms with Crippen LogP contribution in [0.1, 0.15) is 47.0 Å². The van der Waals surface area contributed by atoms with Crippen LogP contribution in [-0.2, 0) is 19.1 Å². The molecule has 0 aromatic rings. The van der Waals surface area contributed by atoms with Gasteiger partial charge in [-0.3, -0.25) is 9.59 Å². The summed E-state index contributed by atoms with van der Waals surface area (Å²) in [6.07, 6.45) is 5.78. The lowest BCUT2D eigenvalue weighted by atomic mass is 9.81. The summed E-state index contributed by atoms with van der Waals surface area (Å²) in [6.45, 7) is 7.95. The van der Waals surface area contributed by atoms with Crippen molar-refractivity contribution >= 4 is 11.9 Å². The van der Waals surface area contributed by atoms with Gasteiger partial charge in [0, 0.05) is 0 Å². The zero-order valence-corrected chi connectivity index (χ0v) is 12.8. The highest BCUT2D eigenvalue weighted by Crippen LogP contribution is 2.45. The van der Waals surface area contributed by atoms with Gasteiger partial charge in [-0.15, -0.1) is 0 Å². The van der Waals surface area contributed by atoms with Gasteiger partial charge in [-0.05, 0) is 52.5 Å². The fraction of sp³-hybridized carbons (Fsp3) is 0.625. The fourth-order valence-corrected chi connectivity index (χ4v) is 2.47. The highest BCUT2D eigenvalue weighted by molar-refractivity contribution is 6.04. The van der Waals surface area contributed by atoms with E-state index in [0.29, 0.717) is 6.42 Å². The number of ether oxygens (including phenoxy) is 2. The van der Waals surface area contributed by atoms with Crippen LogP contribution in [0.2, 0.25) is 0 Å². The Bertz CT molecular complexity index is 410. The standard InChI is InChI=1S/C16H24O4/c1-5-19-14(17)16(15(18)20-6-2)11-7-8-13(16)10-9-12(3)4/h9-10H,5-8,11H2,1-4H3/b13-10+. The van der Waals surface area contributed by atoms with Crippen molar-refractivity contribution in [2.24, 2.45) is 5.41 Å². The summed E-state index contributed by atoms with van der Waals surface area (Å²) in [7, 11) is 0. The van der Waals surface area contributed by atoms with E-state index in [1.54, 1.807) is 13.8 Å². The van der Waals surface area contributed by atoms with Crippen LogP contribution >= 0.6 is 0 Å². The molecule has 1 saturated carbocycles. The summed E-state index contributed by atoms with van der Waals surface area (Å²) < 4.78 is 10.3. The molecule has 0 saturated heterocycles. The molecule has 1 rings (SSSR count). The molecule has 0 aromatic carbocycles. The zero-order valence-electron chi connectivity index (χ0n) is 12.8. The number of hydrogen-bond donors (Lipinski definition) is 0. The lowest BCUT2D eigenvalue weighted by Gasteiger charge is -2.26. The highest BCUT2D eigenvalue weighted by atomic mass is 16.6. The van der Waals surface area contributed by atoms with Crippen molar-refractivity contribution in [3.8, 4) is 0 Å². The number of rotatable bonds is 5. The molecule has 112 valence electrons. The minimum atomic E-state index is -1.24. The van der Waals surface area contributed by atoms with Crippen LogP contribution in [0.25, 0.3) is 0 Å². The normalized spacial score (nSPS) is 18.7. The van der Waals surface area contributed by atoms with Crippen molar-refractivity contribution < 1.29 is 19.1 Å². The topological polar surface area (TPSA) is 52.6 Å². The van der Waals surface area contributed by atoms with Crippen molar-refractivity contribution in [1.29, 1.82) is 0 Å². The predicted molar refractivity (Wildman–Crippen MR) is 77.1 cm³/mol. The van der Waals surface area contributed by atoms with Crippen molar-refractivity contribution in [3.63, 3.8) is 0 Å². The Hall–Kier alpha value is -1.58. The van der Waals surface area contributed by atoms with Crippen molar-refractivity contribution in [1.82, 2.24) is 0 Å². The summed E-state index contributed by atoms with van der Waals surface area (Å²) in [5.41, 5.74) is 0.680. The van der Waals surface area contributed by atoms with E-state index in [0.717, 1.165) is 24.0 Å². The highest BCUT2D eigenvalue weighted by Gasteiger charge is 2.54. The van der Waals surface area contributed by atoms with Gasteiger partial charge in [-0.2, -0.15) is 0 Å². The molecule has 0 heterocycles. The maximum Gasteiger partial charge on any atom is 0.327 e. The van der Waals surface area contributed by atoms with Gasteiger partial charge in [-0.1, -0.05) is 17.7 Å². The minimum Gasteiger partial charge on any atom is -0.465 e. The molecule has 1 fully saturated rings. The van der Waals surface area contributed by atoms with E-state index in [4.69, 9.17) is 9.47 Å². The van der Waals surface area contributed by atoms with E-state index >= 15 is 0 Å². The van der Waals surface area contributed by atoms with Gasteiger partial charge in [0.05, 0.1) is 13.2 Å². The van der Waals surface area contributed by atoms with E-state index < -0.39 is 17.4 Å². The van der Waals surface area contributed by atoms with Crippen LogP contribution in [0.5, 0.6) is 0 Å². The first kappa shape index (κ1) is 16.5. The molecular weight excluding hydrogens is 256 g/mol. The molecule has 0 unspecified atom stereocenters. The van der Waals surface area contributed by atoms with Crippen LogP contribution in [0, 0.1) is 5.41 Å². The Morgan fingerprint density at radius 2 is 1.70 bits per heavy atom. The number of allylic oxidation sites excluding steroid dienone is 3. The second-order valence-corrected chi connectivity index (χ2v) is 5.14. The molecule has 1 aliphatic rings. The summed E-state index contributed by atoms with van der Waals surface area (Å²) in [5, 5.41) is 0. The Labute approximate surface area is 120 Å². The van der Waals surface area contributed by atoms with Crippen LogP contribution < -0.4 is 0 Å². The molecule has 0 radical (unpaired) electrons. The first-order valence-corrected chi connectivity index (χ1v) is 7.18. The lowest BCUT2D eigenvalue weighted by molar-refractivity contribution is -0.168. The quantitative estimate of drug-likeness (QED) is 0.573. The Balaban J connectivity index is 3.21. The molecule has 0 atom stereocenters. The van der Waals surface area contributed by atoms with Gasteiger partial charge >= 0.3 is 11.9 Å². The van der Waals surface area contributed by atoms with Crippen molar-refractivity contribution in [3.05, 3.63) is 23.3 Å². The van der Waals surface area contributed by atoms with Crippen LogP contribution in [0.15, 0.2) is 23.3 Å². The molecule has 0 amide bonds. The molecular formula is C16H24O4. The van der Waals surface area contributed by atoms with Crippen LogP contribution in [0.3, 0.4) is 0 Å². The second kappa shape index (κ2) is 7.27. The number of carbonyl (C=O) groups excluding carboxylic acids is 2. The molecule has 0 spiro atoms. The van der Waals surface area contributed by atoms with E-state index in [9.17, 15) is 9.59 Å². The molecule has 20 heavy (non-hydrogen) atoms. The largest absolute Gasteiger partial charge is 0.465 e. The smallest absolute Gasteiger partial charge is 0.327 e. The van der Waals surface area contributed by atoms with Gasteiger partial charge in [0.15, 0.2) is 5.41 Å². The average molecular weight is 280 g/mol. The molecule has 0 aliphatic heterocycles. The third-order valence-corrected chi connectivity index (χ3v) is 3.41. The SMILES string of the molecule is CCOC(=O)C1(C(=O)OCC)CCC/C1=C\C=C(C)C. The van der Waals surface area contributed by atoms with Gasteiger partial charge in [0.2, 0.25) is 0 Å². The van der Waals surface area contributed by atoms with Crippen molar-refractivity contribution in [2.75, 3.05) is 13.2 Å². The van der Waals surface area contributed by atoms with E-state index in [1.165, 1.54) is 0 Å². The van der Waals surface area contributed by atoms with Gasteiger partial charge in [-0.25, -0.2) is 0 Å². The fourth-order valence-electron chi connectivity index (χ4n) is 2.47. The molecule has 0 N–H and O–H groups in total. The Morgan fingerprint density at radius 3 is 2.15 bits per heavy atom. The number of hydrogen-bond acceptors (Lipinski definition) is 4. The van der Waals surface area contributed by atoms with E-state index in [2.05, 4.69) is 0 Å². The Kier molecular flexibility index (Phi) is 5.99. The summed E-state index contributed by atoms with van der Waals surface area (Å²) in [6, 6.07) is 0. The summed E-state index contributed by atoms with van der Waals surface area (Å²) >= 11 is 0. The summed E-state index contributed by atoms with van der Waals surface area (Å²) in [5.74, 6) is -0.964. The number of carbonyl (C=O) groups is 2. The molecule has 0 aromatic heterocycles. The third-order valence-electron chi connectivity index (χ3n) is 3.41. The number of esters is 2. The Morgan fingerprint density at radius 1 is 1.15 bits per heavy atom. The van der Waals surface area contributed by atoms with Gasteiger partial charge in [0.1, 0.15) is 0 Å². The maximum absolute atomic E-state index is 12.4. The van der Waals surface area contributed by atoms with E-state index in [-0.39, 0.29) is 13.2 Å². The zero-order chi connectivity index (χ0) is 15.2. The van der Waals surface area contributed by atoms with Crippen LogP contribution in [-0.4, -0.2) is 25.2 Å². The minimum absolute atomic E-state index is 0.260. The van der Waals surface area contributed by atoms with Gasteiger partial charge in [0.25, 0.3) is 0 Å². The first-order chi connectivity index (χ1) is 9.48. The maximum atomic E-state index is 12.4. The third kappa shape index (κ3) is 3.30. The first-order valence-electron chi connectivity index (χ1n) is 7.18. The molecule has 1 aliphatic carbocycles. The van der Waals surface area contributed by atoms with E-state index in [1.807, 2.05) is 26.0 Å². The van der Waals surface area contributed by atoms with Gasteiger partial charge < -0.3 is 9.47 Å². The second-order valence-electron chi connectivity index (χ2n) is 5.14. The average Bonchev–Trinajstić information content (AvgIpc) is 2.81. The predicted octanol–water partition coefficient (Wildman–Crippen LogP) is 3.18. The van der Waals surface area contributed by atoms with Crippen molar-refractivity contribution in [2.45, 2.75) is 47.0 Å². The van der Waals surface area contributed by atoms with Crippen LogP contribution in [0.4, 0.5) is 0 Å².